The van der Waals surface area contributed by atoms with E-state index in [0.717, 1.165) is 17.0 Å². The third-order valence-corrected chi connectivity index (χ3v) is 4.17. The number of benzene rings is 2. The molecule has 126 valence electrons. The molecule has 0 fully saturated rings. The average Bonchev–Trinajstić information content (AvgIpc) is 3.04. The molecule has 1 heterocycles. The summed E-state index contributed by atoms with van der Waals surface area (Å²) in [5.74, 6) is 0.873. The highest BCUT2D eigenvalue weighted by Gasteiger charge is 2.13. The summed E-state index contributed by atoms with van der Waals surface area (Å²) in [6, 6.07) is 19.1. The maximum absolute atomic E-state index is 5.21. The average molecular weight is 339 g/mol. The van der Waals surface area contributed by atoms with Crippen molar-refractivity contribution in [2.75, 3.05) is 7.11 Å². The molecule has 0 spiro atoms. The Balaban J connectivity index is 0.00000208. The molecule has 0 aliphatic rings. The molecule has 1 N–H and O–H groups in total. The van der Waals surface area contributed by atoms with Gasteiger partial charge in [0.1, 0.15) is 5.75 Å². The summed E-state index contributed by atoms with van der Waals surface area (Å²) in [5, 5.41) is 0. The van der Waals surface area contributed by atoms with Gasteiger partial charge in [-0.2, -0.15) is 9.90 Å². The lowest BCUT2D eigenvalue weighted by Crippen LogP contribution is -2.10. The highest BCUT2D eigenvalue weighted by molar-refractivity contribution is 6.92. The lowest BCUT2D eigenvalue weighted by atomic mass is 9.86. The van der Waals surface area contributed by atoms with E-state index in [1.807, 2.05) is 12.1 Å². The summed E-state index contributed by atoms with van der Waals surface area (Å²) in [7, 11) is 1.68. The molecular weight excluding hydrogens is 313 g/mol. The molecule has 24 heavy (non-hydrogen) atoms. The summed E-state index contributed by atoms with van der Waals surface area (Å²) in [6.45, 7) is 6.71. The van der Waals surface area contributed by atoms with Crippen LogP contribution in [0, 0.1) is 0 Å². The maximum atomic E-state index is 5.21. The number of rotatable bonds is 3. The van der Waals surface area contributed by atoms with Crippen molar-refractivity contribution in [1.29, 1.82) is 0 Å². The molecule has 0 aliphatic carbocycles. The van der Waals surface area contributed by atoms with Gasteiger partial charge in [0.15, 0.2) is 0 Å². The van der Waals surface area contributed by atoms with E-state index >= 15 is 0 Å². The largest absolute Gasteiger partial charge is 0.497 e. The Morgan fingerprint density at radius 3 is 1.92 bits per heavy atom. The molecule has 0 radical (unpaired) electrons. The molecular formula is C21H26NOP. The summed E-state index contributed by atoms with van der Waals surface area (Å²) in [4.78, 5) is 3.36. The van der Waals surface area contributed by atoms with E-state index < -0.39 is 0 Å². The number of nitrogens with one attached hydrogen (secondary N) is 1. The quantitative estimate of drug-likeness (QED) is 0.607. The third kappa shape index (κ3) is 3.88. The monoisotopic (exact) mass is 339 g/mol. The zero-order valence-electron chi connectivity index (χ0n) is 14.9. The van der Waals surface area contributed by atoms with E-state index in [2.05, 4.69) is 74.4 Å². The Labute approximate surface area is 147 Å². The summed E-state index contributed by atoms with van der Waals surface area (Å²) in [6.07, 6.45) is 2.06. The molecule has 0 bridgehead atoms. The molecule has 1 unspecified atom stereocenters. The number of aromatic amines is 1. The highest BCUT2D eigenvalue weighted by Crippen LogP contribution is 2.29. The smallest absolute Gasteiger partial charge is 0.118 e. The van der Waals surface area contributed by atoms with E-state index in [4.69, 9.17) is 4.74 Å². The number of H-pyrrole nitrogens is 1. The van der Waals surface area contributed by atoms with Crippen LogP contribution >= 0.6 is 9.90 Å². The van der Waals surface area contributed by atoms with Crippen molar-refractivity contribution in [3.63, 3.8) is 0 Å². The molecule has 0 amide bonds. The van der Waals surface area contributed by atoms with Gasteiger partial charge in [0.2, 0.25) is 0 Å². The van der Waals surface area contributed by atoms with E-state index in [1.165, 1.54) is 16.7 Å². The topological polar surface area (TPSA) is 25.0 Å². The van der Waals surface area contributed by atoms with Gasteiger partial charge < -0.3 is 9.72 Å². The molecule has 1 aromatic heterocycles. The Morgan fingerprint density at radius 2 is 1.38 bits per heavy atom. The van der Waals surface area contributed by atoms with Crippen LogP contribution in [0.4, 0.5) is 0 Å². The van der Waals surface area contributed by atoms with Crippen LogP contribution in [-0.2, 0) is 5.41 Å². The minimum Gasteiger partial charge on any atom is -0.497 e. The van der Waals surface area contributed by atoms with Crippen molar-refractivity contribution in [3.8, 4) is 28.1 Å². The van der Waals surface area contributed by atoms with Crippen LogP contribution in [-0.4, -0.2) is 12.1 Å². The van der Waals surface area contributed by atoms with E-state index in [1.54, 1.807) is 7.11 Å². The van der Waals surface area contributed by atoms with Crippen LogP contribution in [0.15, 0.2) is 60.8 Å². The Kier molecular flexibility index (Phi) is 5.51. The van der Waals surface area contributed by atoms with Crippen LogP contribution in [0.1, 0.15) is 26.3 Å². The van der Waals surface area contributed by atoms with Crippen molar-refractivity contribution in [2.45, 2.75) is 26.2 Å². The SMILES string of the molecule is COc1ccc(-c2cc(-c3ccc(C(C)(C)C)cc3)c[nH]2)cc1.P. The zero-order valence-corrected chi connectivity index (χ0v) is 16.3. The standard InChI is InChI=1S/C21H23NO.H3P/c1-21(2,3)18-9-5-15(6-10-18)17-13-20(22-14-17)16-7-11-19(23-4)12-8-16;/h5-14,22H,1-4H3;1H3. The van der Waals surface area contributed by atoms with Gasteiger partial charge >= 0.3 is 0 Å². The molecule has 3 heteroatoms. The van der Waals surface area contributed by atoms with Crippen molar-refractivity contribution >= 4 is 9.90 Å². The first kappa shape index (κ1) is 18.3. The van der Waals surface area contributed by atoms with Gasteiger partial charge in [0.25, 0.3) is 0 Å². The third-order valence-electron chi connectivity index (χ3n) is 4.17. The Hall–Kier alpha value is -2.05. The van der Waals surface area contributed by atoms with E-state index in [0.29, 0.717) is 0 Å². The van der Waals surface area contributed by atoms with E-state index in [-0.39, 0.29) is 15.3 Å². The zero-order chi connectivity index (χ0) is 16.4. The first-order valence-electron chi connectivity index (χ1n) is 7.91. The summed E-state index contributed by atoms with van der Waals surface area (Å²) < 4.78 is 5.21. The van der Waals surface area contributed by atoms with Crippen LogP contribution in [0.5, 0.6) is 5.75 Å². The molecule has 0 saturated heterocycles. The van der Waals surface area contributed by atoms with Gasteiger partial charge in [-0.15, -0.1) is 0 Å². The molecule has 1 atom stereocenters. The van der Waals surface area contributed by atoms with Crippen LogP contribution in [0.25, 0.3) is 22.4 Å². The fourth-order valence-corrected chi connectivity index (χ4v) is 2.66. The lowest BCUT2D eigenvalue weighted by molar-refractivity contribution is 0.415. The fourth-order valence-electron chi connectivity index (χ4n) is 2.66. The number of methoxy groups -OCH3 is 1. The molecule has 3 rings (SSSR count). The Bertz CT molecular complexity index is 780. The minimum atomic E-state index is 0. The number of hydrogen-bond acceptors (Lipinski definition) is 1. The lowest BCUT2D eigenvalue weighted by Gasteiger charge is -2.19. The van der Waals surface area contributed by atoms with Crippen molar-refractivity contribution in [1.82, 2.24) is 4.98 Å². The van der Waals surface area contributed by atoms with Gasteiger partial charge in [0.05, 0.1) is 7.11 Å². The molecule has 3 aromatic rings. The molecule has 2 aromatic carbocycles. The normalized spacial score (nSPS) is 11.0. The number of aromatic nitrogens is 1. The van der Waals surface area contributed by atoms with Crippen molar-refractivity contribution in [2.24, 2.45) is 0 Å². The van der Waals surface area contributed by atoms with Gasteiger partial charge in [-0.3, -0.25) is 0 Å². The second-order valence-electron chi connectivity index (χ2n) is 6.86. The minimum absolute atomic E-state index is 0. The van der Waals surface area contributed by atoms with Gasteiger partial charge in [-0.25, -0.2) is 0 Å². The first-order chi connectivity index (χ1) is 11.0. The van der Waals surface area contributed by atoms with Crippen molar-refractivity contribution < 1.29 is 4.74 Å². The number of hydrogen-bond donors (Lipinski definition) is 1. The Morgan fingerprint density at radius 1 is 0.792 bits per heavy atom. The van der Waals surface area contributed by atoms with Crippen LogP contribution in [0.3, 0.4) is 0 Å². The summed E-state index contributed by atoms with van der Waals surface area (Å²) in [5.41, 5.74) is 6.24. The molecule has 2 nitrogen and oxygen atoms in total. The highest BCUT2D eigenvalue weighted by atomic mass is 31.0. The first-order valence-corrected chi connectivity index (χ1v) is 7.91. The second-order valence-corrected chi connectivity index (χ2v) is 6.86. The van der Waals surface area contributed by atoms with Gasteiger partial charge in [-0.1, -0.05) is 45.0 Å². The van der Waals surface area contributed by atoms with Crippen LogP contribution < -0.4 is 4.74 Å². The predicted molar refractivity (Wildman–Crippen MR) is 108 cm³/mol. The second kappa shape index (κ2) is 7.23. The van der Waals surface area contributed by atoms with E-state index in [9.17, 15) is 0 Å². The number of ether oxygens (including phenoxy) is 1. The van der Waals surface area contributed by atoms with Gasteiger partial charge in [0, 0.05) is 11.9 Å². The predicted octanol–water partition coefficient (Wildman–Crippen LogP) is 5.71. The van der Waals surface area contributed by atoms with Gasteiger partial charge in [-0.05, 0) is 58.0 Å². The van der Waals surface area contributed by atoms with Crippen LogP contribution in [0.2, 0.25) is 0 Å². The summed E-state index contributed by atoms with van der Waals surface area (Å²) >= 11 is 0. The van der Waals surface area contributed by atoms with Crippen molar-refractivity contribution in [3.05, 3.63) is 66.4 Å². The molecule has 0 aliphatic heterocycles. The fraction of sp³-hybridized carbons (Fsp3) is 0.238. The maximum Gasteiger partial charge on any atom is 0.118 e. The molecule has 0 saturated carbocycles.